The molecule has 66 heavy (non-hydrogen) atoms. The van der Waals surface area contributed by atoms with Crippen molar-refractivity contribution in [3.63, 3.8) is 0 Å². The third kappa shape index (κ3) is 7.36. The van der Waals surface area contributed by atoms with Gasteiger partial charge in [0.15, 0.2) is 0 Å². The highest BCUT2D eigenvalue weighted by Gasteiger charge is 2.47. The average Bonchev–Trinajstić information content (AvgIpc) is 3.74. The Bertz CT molecular complexity index is 3020. The first-order chi connectivity index (χ1) is 31.7. The molecular weight excluding hydrogens is 799 g/mol. The molecule has 2 atom stereocenters. The fourth-order valence-corrected chi connectivity index (χ4v) is 11.3. The van der Waals surface area contributed by atoms with Crippen LogP contribution in [0.4, 0.5) is 17.1 Å². The standard InChI is InChI=1S/C64H63NO/c1-42(2)39-57(43(3)4)44-23-33-51(34-24-44)66-52-35-29-47(30-36-52)64(46-27-25-45(26-28-46)62(5,6)7)59-22-16-14-20-54(59)56-38-32-50(41-61(56)64)65(48-17-11-10-12-18-48)49-31-37-55-53-19-13-15-21-58(53)63(8,9)60(55)40-49/h10-38,40-43,57H,39H2,1-9H3. The van der Waals surface area contributed by atoms with Crippen LogP contribution >= 0.6 is 0 Å². The highest BCUT2D eigenvalue weighted by Crippen LogP contribution is 2.58. The summed E-state index contributed by atoms with van der Waals surface area (Å²) in [5.41, 5.74) is 18.3. The average molecular weight is 862 g/mol. The molecule has 2 nitrogen and oxygen atoms in total. The molecule has 0 spiro atoms. The zero-order valence-corrected chi connectivity index (χ0v) is 40.2. The van der Waals surface area contributed by atoms with Crippen LogP contribution in [0.2, 0.25) is 0 Å². The largest absolute Gasteiger partial charge is 0.457 e. The third-order valence-electron chi connectivity index (χ3n) is 14.7. The molecule has 0 saturated carbocycles. The number of anilines is 3. The number of para-hydroxylation sites is 1. The maximum absolute atomic E-state index is 6.61. The first-order valence-corrected chi connectivity index (χ1v) is 24.1. The van der Waals surface area contributed by atoms with Crippen LogP contribution in [0, 0.1) is 11.8 Å². The van der Waals surface area contributed by atoms with Crippen molar-refractivity contribution in [1.29, 1.82) is 0 Å². The zero-order valence-electron chi connectivity index (χ0n) is 40.2. The Labute approximate surface area is 394 Å². The minimum atomic E-state index is -0.606. The second-order valence-electron chi connectivity index (χ2n) is 21.1. The Morgan fingerprint density at radius 1 is 0.470 bits per heavy atom. The summed E-state index contributed by atoms with van der Waals surface area (Å²) in [6.07, 6.45) is 1.18. The summed E-state index contributed by atoms with van der Waals surface area (Å²) in [5, 5.41) is 0. The molecule has 2 unspecified atom stereocenters. The molecule has 2 aliphatic carbocycles. The second kappa shape index (κ2) is 16.7. The van der Waals surface area contributed by atoms with Crippen LogP contribution in [0.5, 0.6) is 11.5 Å². The first-order valence-electron chi connectivity index (χ1n) is 24.1. The second-order valence-corrected chi connectivity index (χ2v) is 21.1. The summed E-state index contributed by atoms with van der Waals surface area (Å²) in [5.74, 6) is 3.44. The van der Waals surface area contributed by atoms with Crippen molar-refractivity contribution in [3.05, 3.63) is 233 Å². The number of fused-ring (bicyclic) bond motifs is 6. The molecule has 2 heteroatoms. The van der Waals surface area contributed by atoms with E-state index < -0.39 is 5.41 Å². The smallest absolute Gasteiger partial charge is 0.127 e. The van der Waals surface area contributed by atoms with Crippen molar-refractivity contribution in [2.24, 2.45) is 11.8 Å². The van der Waals surface area contributed by atoms with Crippen molar-refractivity contribution in [2.75, 3.05) is 4.90 Å². The molecule has 0 bridgehead atoms. The molecule has 0 amide bonds. The number of benzene rings is 8. The van der Waals surface area contributed by atoms with Crippen LogP contribution in [-0.2, 0) is 16.2 Å². The number of ether oxygens (including phenoxy) is 1. The van der Waals surface area contributed by atoms with Gasteiger partial charge in [0.2, 0.25) is 0 Å². The van der Waals surface area contributed by atoms with Gasteiger partial charge in [0.1, 0.15) is 11.5 Å². The monoisotopic (exact) mass is 861 g/mol. The lowest BCUT2D eigenvalue weighted by molar-refractivity contribution is 0.407. The summed E-state index contributed by atoms with van der Waals surface area (Å²) in [6, 6.07) is 70.2. The van der Waals surface area contributed by atoms with Crippen LogP contribution in [0.15, 0.2) is 188 Å². The van der Waals surface area contributed by atoms with Crippen molar-refractivity contribution in [1.82, 2.24) is 0 Å². The molecule has 0 aliphatic heterocycles. The molecule has 330 valence electrons. The zero-order chi connectivity index (χ0) is 46.0. The molecule has 8 aromatic rings. The predicted octanol–water partition coefficient (Wildman–Crippen LogP) is 17.7. The lowest BCUT2D eigenvalue weighted by Crippen LogP contribution is -2.29. The van der Waals surface area contributed by atoms with E-state index in [1.807, 2.05) is 0 Å². The Balaban J connectivity index is 1.12. The van der Waals surface area contributed by atoms with Gasteiger partial charge in [0, 0.05) is 22.5 Å². The number of rotatable bonds is 11. The molecule has 0 heterocycles. The highest BCUT2D eigenvalue weighted by atomic mass is 16.5. The summed E-state index contributed by atoms with van der Waals surface area (Å²) < 4.78 is 6.61. The summed E-state index contributed by atoms with van der Waals surface area (Å²) in [7, 11) is 0. The number of hydrogen-bond donors (Lipinski definition) is 0. The van der Waals surface area contributed by atoms with Gasteiger partial charge in [-0.15, -0.1) is 0 Å². The van der Waals surface area contributed by atoms with Crippen molar-refractivity contribution < 1.29 is 4.74 Å². The molecule has 10 rings (SSSR count). The lowest BCUT2D eigenvalue weighted by atomic mass is 9.67. The van der Waals surface area contributed by atoms with E-state index >= 15 is 0 Å². The van der Waals surface area contributed by atoms with E-state index in [2.05, 4.69) is 255 Å². The van der Waals surface area contributed by atoms with E-state index in [0.717, 1.165) is 28.6 Å². The maximum Gasteiger partial charge on any atom is 0.127 e. The molecule has 0 aromatic heterocycles. The Hall–Kier alpha value is -6.64. The third-order valence-corrected chi connectivity index (χ3v) is 14.7. The van der Waals surface area contributed by atoms with Gasteiger partial charge in [-0.1, -0.05) is 190 Å². The minimum absolute atomic E-state index is 0.0215. The van der Waals surface area contributed by atoms with Gasteiger partial charge in [-0.05, 0) is 157 Å². The van der Waals surface area contributed by atoms with Gasteiger partial charge in [0.25, 0.3) is 0 Å². The number of hydrogen-bond acceptors (Lipinski definition) is 2. The fourth-order valence-electron chi connectivity index (χ4n) is 11.3. The minimum Gasteiger partial charge on any atom is -0.457 e. The van der Waals surface area contributed by atoms with Gasteiger partial charge >= 0.3 is 0 Å². The van der Waals surface area contributed by atoms with Crippen molar-refractivity contribution in [2.45, 2.75) is 90.9 Å². The SMILES string of the molecule is CC(C)CC(c1ccc(Oc2ccc(C3(c4ccc(C(C)(C)C)cc4)c4ccccc4-c4ccc(N(c5ccccc5)c5ccc6c(c5)C(C)(C)c5ccccc5-6)cc43)cc2)cc1)C(C)C. The number of nitrogens with zero attached hydrogens (tertiary/aromatic N) is 1. The molecular formula is C64H63NO. The highest BCUT2D eigenvalue weighted by molar-refractivity contribution is 5.91. The van der Waals surface area contributed by atoms with Crippen molar-refractivity contribution in [3.8, 4) is 33.8 Å². The molecule has 2 aliphatic rings. The lowest BCUT2D eigenvalue weighted by Gasteiger charge is -2.35. The van der Waals surface area contributed by atoms with E-state index in [1.165, 1.54) is 73.2 Å². The van der Waals surface area contributed by atoms with E-state index in [0.29, 0.717) is 17.8 Å². The van der Waals surface area contributed by atoms with Crippen LogP contribution < -0.4 is 9.64 Å². The molecule has 0 N–H and O–H groups in total. The Morgan fingerprint density at radius 3 is 1.53 bits per heavy atom. The summed E-state index contributed by atoms with van der Waals surface area (Å²) in [6.45, 7) is 20.9. The van der Waals surface area contributed by atoms with Crippen LogP contribution in [0.1, 0.15) is 119 Å². The van der Waals surface area contributed by atoms with Crippen LogP contribution in [-0.4, -0.2) is 0 Å². The van der Waals surface area contributed by atoms with Crippen LogP contribution in [0.3, 0.4) is 0 Å². The molecule has 0 fully saturated rings. The summed E-state index contributed by atoms with van der Waals surface area (Å²) >= 11 is 0. The predicted molar refractivity (Wildman–Crippen MR) is 278 cm³/mol. The fraction of sp³-hybridized carbons (Fsp3) is 0.250. The molecule has 0 radical (unpaired) electrons. The molecule has 0 saturated heterocycles. The quantitative estimate of drug-likeness (QED) is 0.128. The summed E-state index contributed by atoms with van der Waals surface area (Å²) in [4.78, 5) is 2.45. The first kappa shape index (κ1) is 43.3. The maximum atomic E-state index is 6.61. The Morgan fingerprint density at radius 2 is 0.955 bits per heavy atom. The van der Waals surface area contributed by atoms with Gasteiger partial charge in [-0.3, -0.25) is 0 Å². The van der Waals surface area contributed by atoms with Gasteiger partial charge in [-0.2, -0.15) is 0 Å². The van der Waals surface area contributed by atoms with E-state index in [-0.39, 0.29) is 10.8 Å². The molecule has 8 aromatic carbocycles. The van der Waals surface area contributed by atoms with E-state index in [1.54, 1.807) is 0 Å². The topological polar surface area (TPSA) is 12.5 Å². The van der Waals surface area contributed by atoms with E-state index in [9.17, 15) is 0 Å². The van der Waals surface area contributed by atoms with Gasteiger partial charge in [0.05, 0.1) is 5.41 Å². The normalized spacial score (nSPS) is 16.1. The Kier molecular flexibility index (Phi) is 10.9. The van der Waals surface area contributed by atoms with Gasteiger partial charge < -0.3 is 9.64 Å². The van der Waals surface area contributed by atoms with Gasteiger partial charge in [-0.25, -0.2) is 0 Å². The van der Waals surface area contributed by atoms with Crippen molar-refractivity contribution >= 4 is 17.1 Å². The van der Waals surface area contributed by atoms with E-state index in [4.69, 9.17) is 4.74 Å². The van der Waals surface area contributed by atoms with Crippen LogP contribution in [0.25, 0.3) is 22.3 Å².